The molecule has 0 bridgehead atoms. The molecular weight excluding hydrogens is 238 g/mol. The summed E-state index contributed by atoms with van der Waals surface area (Å²) in [6.45, 7) is 10.7. The SMILES string of the molecule is CN(CCN1CCCC1)C(=O)CC(N)CC(C)(C)C. The maximum Gasteiger partial charge on any atom is 0.223 e. The number of hydrogen-bond donors (Lipinski definition) is 1. The molecule has 112 valence electrons. The van der Waals surface area contributed by atoms with Gasteiger partial charge in [0.15, 0.2) is 0 Å². The van der Waals surface area contributed by atoms with Crippen LogP contribution in [0.5, 0.6) is 0 Å². The summed E-state index contributed by atoms with van der Waals surface area (Å²) in [6, 6.07) is -0.0262. The molecule has 0 radical (unpaired) electrons. The summed E-state index contributed by atoms with van der Waals surface area (Å²) in [4.78, 5) is 16.3. The van der Waals surface area contributed by atoms with Crippen LogP contribution in [-0.2, 0) is 4.79 Å². The van der Waals surface area contributed by atoms with E-state index in [-0.39, 0.29) is 17.4 Å². The Morgan fingerprint density at radius 3 is 2.42 bits per heavy atom. The topological polar surface area (TPSA) is 49.6 Å². The lowest BCUT2D eigenvalue weighted by atomic mass is 9.87. The summed E-state index contributed by atoms with van der Waals surface area (Å²) in [7, 11) is 1.89. The Balaban J connectivity index is 2.23. The molecule has 4 nitrogen and oxygen atoms in total. The van der Waals surface area contributed by atoms with E-state index in [1.54, 1.807) is 0 Å². The van der Waals surface area contributed by atoms with Gasteiger partial charge in [0.1, 0.15) is 0 Å². The molecule has 1 atom stereocenters. The molecule has 1 heterocycles. The van der Waals surface area contributed by atoms with Crippen LogP contribution in [0, 0.1) is 5.41 Å². The number of nitrogens with two attached hydrogens (primary N) is 1. The molecule has 0 aromatic carbocycles. The van der Waals surface area contributed by atoms with E-state index in [0.29, 0.717) is 6.42 Å². The molecule has 1 saturated heterocycles. The minimum atomic E-state index is -0.0262. The first-order valence-electron chi connectivity index (χ1n) is 7.50. The van der Waals surface area contributed by atoms with Crippen molar-refractivity contribution in [3.05, 3.63) is 0 Å². The standard InChI is InChI=1S/C15H31N3O/c1-15(2,3)12-13(16)11-14(19)17(4)9-10-18-7-5-6-8-18/h13H,5-12,16H2,1-4H3. The summed E-state index contributed by atoms with van der Waals surface area (Å²) in [5.41, 5.74) is 6.25. The Morgan fingerprint density at radius 2 is 1.89 bits per heavy atom. The van der Waals surface area contributed by atoms with Crippen LogP contribution in [0.25, 0.3) is 0 Å². The van der Waals surface area contributed by atoms with E-state index < -0.39 is 0 Å². The third kappa shape index (κ3) is 6.92. The van der Waals surface area contributed by atoms with Crippen LogP contribution in [0.15, 0.2) is 0 Å². The number of rotatable bonds is 6. The highest BCUT2D eigenvalue weighted by molar-refractivity contribution is 5.76. The van der Waals surface area contributed by atoms with Crippen molar-refractivity contribution in [1.29, 1.82) is 0 Å². The van der Waals surface area contributed by atoms with E-state index in [1.165, 1.54) is 25.9 Å². The molecule has 1 unspecified atom stereocenters. The van der Waals surface area contributed by atoms with Gasteiger partial charge in [-0.05, 0) is 37.8 Å². The van der Waals surface area contributed by atoms with Crippen LogP contribution < -0.4 is 5.73 Å². The number of nitrogens with zero attached hydrogens (tertiary/aromatic N) is 2. The van der Waals surface area contributed by atoms with E-state index in [2.05, 4.69) is 25.7 Å². The number of hydrogen-bond acceptors (Lipinski definition) is 3. The zero-order valence-electron chi connectivity index (χ0n) is 13.1. The van der Waals surface area contributed by atoms with Gasteiger partial charge in [-0.3, -0.25) is 4.79 Å². The molecule has 1 aliphatic rings. The second kappa shape index (κ2) is 7.25. The normalized spacial score (nSPS) is 18.6. The first kappa shape index (κ1) is 16.4. The third-order valence-electron chi connectivity index (χ3n) is 3.69. The van der Waals surface area contributed by atoms with E-state index in [4.69, 9.17) is 5.73 Å². The van der Waals surface area contributed by atoms with Crippen molar-refractivity contribution in [2.45, 2.75) is 52.5 Å². The summed E-state index contributed by atoms with van der Waals surface area (Å²) >= 11 is 0. The van der Waals surface area contributed by atoms with Crippen molar-refractivity contribution in [2.24, 2.45) is 11.1 Å². The molecule has 2 N–H and O–H groups in total. The van der Waals surface area contributed by atoms with Crippen LogP contribution in [0.1, 0.15) is 46.5 Å². The Hall–Kier alpha value is -0.610. The lowest BCUT2D eigenvalue weighted by molar-refractivity contribution is -0.130. The fourth-order valence-electron chi connectivity index (χ4n) is 2.66. The quantitative estimate of drug-likeness (QED) is 0.798. The van der Waals surface area contributed by atoms with Gasteiger partial charge in [-0.15, -0.1) is 0 Å². The predicted octanol–water partition coefficient (Wildman–Crippen LogP) is 1.69. The molecular formula is C15H31N3O. The Bertz CT molecular complexity index is 280. The lowest BCUT2D eigenvalue weighted by Crippen LogP contribution is -2.38. The number of likely N-dealkylation sites (tertiary alicyclic amines) is 1. The number of likely N-dealkylation sites (N-methyl/N-ethyl adjacent to an activating group) is 1. The van der Waals surface area contributed by atoms with E-state index in [1.807, 2.05) is 11.9 Å². The van der Waals surface area contributed by atoms with Crippen LogP contribution >= 0.6 is 0 Å². The van der Waals surface area contributed by atoms with Crippen molar-refractivity contribution >= 4 is 5.91 Å². The second-order valence-electron chi connectivity index (χ2n) is 7.09. The Kier molecular flexibility index (Phi) is 6.27. The molecule has 0 spiro atoms. The fourth-order valence-corrected chi connectivity index (χ4v) is 2.66. The second-order valence-corrected chi connectivity index (χ2v) is 7.09. The minimum Gasteiger partial charge on any atom is -0.344 e. The van der Waals surface area contributed by atoms with Gasteiger partial charge in [-0.25, -0.2) is 0 Å². The molecule has 1 amide bonds. The van der Waals surface area contributed by atoms with Crippen molar-refractivity contribution in [2.75, 3.05) is 33.2 Å². The first-order valence-corrected chi connectivity index (χ1v) is 7.50. The zero-order valence-corrected chi connectivity index (χ0v) is 13.1. The summed E-state index contributed by atoms with van der Waals surface area (Å²) in [5.74, 6) is 0.177. The summed E-state index contributed by atoms with van der Waals surface area (Å²) < 4.78 is 0. The van der Waals surface area contributed by atoms with Crippen LogP contribution in [0.3, 0.4) is 0 Å². The molecule has 19 heavy (non-hydrogen) atoms. The lowest BCUT2D eigenvalue weighted by Gasteiger charge is -2.26. The minimum absolute atomic E-state index is 0.0262. The van der Waals surface area contributed by atoms with Crippen LogP contribution in [-0.4, -0.2) is 55.0 Å². The van der Waals surface area contributed by atoms with Gasteiger partial charge >= 0.3 is 0 Å². The van der Waals surface area contributed by atoms with Gasteiger partial charge < -0.3 is 15.5 Å². The molecule has 4 heteroatoms. The van der Waals surface area contributed by atoms with Gasteiger partial charge in [0.05, 0.1) is 0 Å². The average Bonchev–Trinajstić information content (AvgIpc) is 2.75. The first-order chi connectivity index (χ1) is 8.78. The number of carbonyl (C=O) groups excluding carboxylic acids is 1. The largest absolute Gasteiger partial charge is 0.344 e. The Morgan fingerprint density at radius 1 is 1.32 bits per heavy atom. The number of amides is 1. The molecule has 0 aromatic rings. The van der Waals surface area contributed by atoms with Crippen molar-refractivity contribution in [3.63, 3.8) is 0 Å². The van der Waals surface area contributed by atoms with Crippen molar-refractivity contribution in [1.82, 2.24) is 9.80 Å². The number of carbonyl (C=O) groups is 1. The molecule has 1 aliphatic heterocycles. The fraction of sp³-hybridized carbons (Fsp3) is 0.933. The monoisotopic (exact) mass is 269 g/mol. The summed E-state index contributed by atoms with van der Waals surface area (Å²) in [5, 5.41) is 0. The van der Waals surface area contributed by atoms with Gasteiger partial charge in [0.2, 0.25) is 5.91 Å². The highest BCUT2D eigenvalue weighted by Crippen LogP contribution is 2.21. The van der Waals surface area contributed by atoms with Gasteiger partial charge in [0, 0.05) is 32.6 Å². The predicted molar refractivity (Wildman–Crippen MR) is 80.0 cm³/mol. The van der Waals surface area contributed by atoms with Crippen molar-refractivity contribution < 1.29 is 4.79 Å². The van der Waals surface area contributed by atoms with E-state index in [9.17, 15) is 4.79 Å². The average molecular weight is 269 g/mol. The van der Waals surface area contributed by atoms with Crippen molar-refractivity contribution in [3.8, 4) is 0 Å². The van der Waals surface area contributed by atoms with E-state index in [0.717, 1.165) is 19.5 Å². The third-order valence-corrected chi connectivity index (χ3v) is 3.69. The highest BCUT2D eigenvalue weighted by atomic mass is 16.2. The maximum absolute atomic E-state index is 12.1. The maximum atomic E-state index is 12.1. The van der Waals surface area contributed by atoms with Gasteiger partial charge in [0.25, 0.3) is 0 Å². The van der Waals surface area contributed by atoms with Gasteiger partial charge in [-0.2, -0.15) is 0 Å². The van der Waals surface area contributed by atoms with E-state index >= 15 is 0 Å². The summed E-state index contributed by atoms with van der Waals surface area (Å²) in [6.07, 6.45) is 3.95. The van der Waals surface area contributed by atoms with Gasteiger partial charge in [-0.1, -0.05) is 20.8 Å². The molecule has 0 saturated carbocycles. The zero-order chi connectivity index (χ0) is 14.5. The smallest absolute Gasteiger partial charge is 0.223 e. The Labute approximate surface area is 118 Å². The molecule has 0 aliphatic carbocycles. The molecule has 0 aromatic heterocycles. The highest BCUT2D eigenvalue weighted by Gasteiger charge is 2.20. The van der Waals surface area contributed by atoms with Crippen LogP contribution in [0.4, 0.5) is 0 Å². The van der Waals surface area contributed by atoms with Crippen LogP contribution in [0.2, 0.25) is 0 Å². The molecule has 1 fully saturated rings. The molecule has 1 rings (SSSR count).